The topological polar surface area (TPSA) is 43.1 Å². The normalized spacial score (nSPS) is 8.75. The molecule has 0 aliphatic carbocycles. The van der Waals surface area contributed by atoms with E-state index in [2.05, 4.69) is 25.0 Å². The molecule has 0 heterocycles. The van der Waals surface area contributed by atoms with Crippen LogP contribution in [0.15, 0.2) is 36.6 Å². The lowest BCUT2D eigenvalue weighted by Gasteiger charge is -1.86. The highest BCUT2D eigenvalue weighted by molar-refractivity contribution is 5.36. The van der Waals surface area contributed by atoms with Crippen LogP contribution in [0.25, 0.3) is 0 Å². The van der Waals surface area contributed by atoms with Crippen LogP contribution in [0.5, 0.6) is 0 Å². The van der Waals surface area contributed by atoms with E-state index < -0.39 is 4.92 Å². The van der Waals surface area contributed by atoms with E-state index in [0.717, 1.165) is 0 Å². The highest BCUT2D eigenvalue weighted by Gasteiger charge is 1.98. The largest absolute Gasteiger partial charge is 0.262 e. The molecule has 0 aromatic carbocycles. The van der Waals surface area contributed by atoms with Gasteiger partial charge in [0.2, 0.25) is 0 Å². The van der Waals surface area contributed by atoms with E-state index in [1.54, 1.807) is 6.92 Å². The second-order valence-electron chi connectivity index (χ2n) is 1.98. The van der Waals surface area contributed by atoms with Crippen LogP contribution in [0.4, 0.5) is 0 Å². The molecule has 0 rings (SSSR count). The van der Waals surface area contributed by atoms with Gasteiger partial charge in [0.15, 0.2) is 0 Å². The van der Waals surface area contributed by atoms with Gasteiger partial charge >= 0.3 is 0 Å². The minimum Gasteiger partial charge on any atom is -0.258 e. The van der Waals surface area contributed by atoms with E-state index in [9.17, 15) is 10.1 Å². The lowest BCUT2D eigenvalue weighted by molar-refractivity contribution is -0.418. The van der Waals surface area contributed by atoms with Crippen LogP contribution in [-0.2, 0) is 0 Å². The predicted octanol–water partition coefficient (Wildman–Crippen LogP) is 1.91. The molecule has 62 valence electrons. The Bertz CT molecular complexity index is 302. The maximum atomic E-state index is 10.1. The first-order valence-electron chi connectivity index (χ1n) is 3.21. The lowest BCUT2D eigenvalue weighted by Crippen LogP contribution is -1.92. The monoisotopic (exact) mass is 163 g/mol. The van der Waals surface area contributed by atoms with Crippen molar-refractivity contribution >= 4 is 0 Å². The van der Waals surface area contributed by atoms with Gasteiger partial charge in [-0.15, -0.1) is 5.92 Å². The first-order valence-corrected chi connectivity index (χ1v) is 3.21. The average Bonchev–Trinajstić information content (AvgIpc) is 2.00. The van der Waals surface area contributed by atoms with Gasteiger partial charge in [0.25, 0.3) is 5.70 Å². The van der Waals surface area contributed by atoms with Gasteiger partial charge in [-0.25, -0.2) is 0 Å². The zero-order valence-electron chi connectivity index (χ0n) is 6.83. The van der Waals surface area contributed by atoms with Crippen LogP contribution in [0.1, 0.15) is 6.92 Å². The summed E-state index contributed by atoms with van der Waals surface area (Å²) < 4.78 is 0. The summed E-state index contributed by atoms with van der Waals surface area (Å²) in [6, 6.07) is 0. The van der Waals surface area contributed by atoms with Gasteiger partial charge in [0.05, 0.1) is 4.92 Å². The summed E-state index contributed by atoms with van der Waals surface area (Å²) in [4.78, 5) is 9.49. The van der Waals surface area contributed by atoms with Crippen molar-refractivity contribution in [1.29, 1.82) is 0 Å². The summed E-state index contributed by atoms with van der Waals surface area (Å²) in [6.45, 7) is 8.43. The molecular weight excluding hydrogens is 154 g/mol. The molecular formula is C9H9NO2. The van der Waals surface area contributed by atoms with E-state index in [0.29, 0.717) is 5.57 Å². The van der Waals surface area contributed by atoms with Crippen molar-refractivity contribution < 1.29 is 4.92 Å². The van der Waals surface area contributed by atoms with Crippen molar-refractivity contribution in [3.63, 3.8) is 0 Å². The smallest absolute Gasteiger partial charge is 0.258 e. The molecule has 3 nitrogen and oxygen atoms in total. The summed E-state index contributed by atoms with van der Waals surface area (Å²) >= 11 is 0. The summed E-state index contributed by atoms with van der Waals surface area (Å²) in [6.07, 6.45) is 2.73. The third-order valence-corrected chi connectivity index (χ3v) is 0.997. The van der Waals surface area contributed by atoms with Gasteiger partial charge in [0, 0.05) is 11.6 Å². The Morgan fingerprint density at radius 3 is 2.50 bits per heavy atom. The summed E-state index contributed by atoms with van der Waals surface area (Å²) in [5.41, 5.74) is 0.356. The second kappa shape index (κ2) is 4.91. The Hall–Kier alpha value is -1.82. The quantitative estimate of drug-likeness (QED) is 0.276. The molecule has 12 heavy (non-hydrogen) atoms. The number of rotatable bonds is 3. The van der Waals surface area contributed by atoms with Gasteiger partial charge < -0.3 is 0 Å². The molecule has 0 N–H and O–H groups in total. The van der Waals surface area contributed by atoms with Crippen molar-refractivity contribution in [2.45, 2.75) is 6.92 Å². The predicted molar refractivity (Wildman–Crippen MR) is 47.9 cm³/mol. The molecule has 0 amide bonds. The minimum absolute atomic E-state index is 0.172. The van der Waals surface area contributed by atoms with Crippen LogP contribution in [0, 0.1) is 22.0 Å². The van der Waals surface area contributed by atoms with Gasteiger partial charge in [-0.05, 0) is 19.6 Å². The van der Waals surface area contributed by atoms with Crippen LogP contribution in [0.3, 0.4) is 0 Å². The molecule has 0 saturated carbocycles. The number of hydrogen-bond donors (Lipinski definition) is 0. The molecule has 0 atom stereocenters. The fraction of sp³-hybridized carbons (Fsp3) is 0.111. The Labute approximate surface area is 71.2 Å². The number of hydrogen-bond acceptors (Lipinski definition) is 2. The van der Waals surface area contributed by atoms with Crippen molar-refractivity contribution in [3.05, 3.63) is 46.7 Å². The Balaban J connectivity index is 4.23. The first kappa shape index (κ1) is 10.2. The Morgan fingerprint density at radius 2 is 2.08 bits per heavy atom. The Kier molecular flexibility index (Phi) is 4.17. The van der Waals surface area contributed by atoms with E-state index >= 15 is 0 Å². The fourth-order valence-electron chi connectivity index (χ4n) is 0.460. The molecule has 0 saturated heterocycles. The van der Waals surface area contributed by atoms with Crippen molar-refractivity contribution in [1.82, 2.24) is 0 Å². The third-order valence-electron chi connectivity index (χ3n) is 0.997. The van der Waals surface area contributed by atoms with Crippen LogP contribution < -0.4 is 0 Å². The van der Waals surface area contributed by atoms with Crippen LogP contribution in [0.2, 0.25) is 0 Å². The average molecular weight is 163 g/mol. The SMILES string of the molecule is C=C(C#CC)/C=C\C(=C)[N+](=O)[O-]. The minimum atomic E-state index is -0.566. The highest BCUT2D eigenvalue weighted by Crippen LogP contribution is 1.97. The van der Waals surface area contributed by atoms with Crippen LogP contribution in [-0.4, -0.2) is 4.92 Å². The molecule has 0 unspecified atom stereocenters. The Morgan fingerprint density at radius 1 is 1.50 bits per heavy atom. The number of nitro groups is 1. The molecule has 0 aliphatic rings. The van der Waals surface area contributed by atoms with Crippen molar-refractivity contribution in [2.75, 3.05) is 0 Å². The molecule has 0 radical (unpaired) electrons. The van der Waals surface area contributed by atoms with Crippen LogP contribution >= 0.6 is 0 Å². The first-order chi connectivity index (χ1) is 5.57. The fourth-order valence-corrected chi connectivity index (χ4v) is 0.460. The molecule has 0 aromatic heterocycles. The molecule has 0 spiro atoms. The van der Waals surface area contributed by atoms with Gasteiger partial charge in [-0.3, -0.25) is 10.1 Å². The third kappa shape index (κ3) is 4.07. The zero-order valence-corrected chi connectivity index (χ0v) is 6.83. The molecule has 0 aliphatic heterocycles. The summed E-state index contributed by atoms with van der Waals surface area (Å²) in [5, 5.41) is 10.1. The summed E-state index contributed by atoms with van der Waals surface area (Å²) in [5.74, 6) is 5.26. The molecule has 0 bridgehead atoms. The zero-order chi connectivity index (χ0) is 9.56. The molecule has 0 fully saturated rings. The maximum absolute atomic E-state index is 10.1. The van der Waals surface area contributed by atoms with Gasteiger partial charge in [-0.2, -0.15) is 0 Å². The van der Waals surface area contributed by atoms with Crippen molar-refractivity contribution in [2.24, 2.45) is 0 Å². The number of allylic oxidation sites excluding steroid dienone is 3. The van der Waals surface area contributed by atoms with E-state index in [1.165, 1.54) is 12.2 Å². The van der Waals surface area contributed by atoms with Gasteiger partial charge in [0.1, 0.15) is 0 Å². The van der Waals surface area contributed by atoms with Crippen molar-refractivity contribution in [3.8, 4) is 11.8 Å². The molecule has 0 aromatic rings. The summed E-state index contributed by atoms with van der Waals surface area (Å²) in [7, 11) is 0. The van der Waals surface area contributed by atoms with E-state index in [-0.39, 0.29) is 5.70 Å². The lowest BCUT2D eigenvalue weighted by atomic mass is 10.2. The standard InChI is InChI=1S/C9H9NO2/c1-4-5-8(2)6-7-9(3)10(11)12/h6-7H,2-3H2,1H3/b7-6-. The number of nitrogens with zero attached hydrogens (tertiary/aromatic N) is 1. The highest BCUT2D eigenvalue weighted by atomic mass is 16.6. The maximum Gasteiger partial charge on any atom is 0.262 e. The second-order valence-corrected chi connectivity index (χ2v) is 1.98. The van der Waals surface area contributed by atoms with E-state index in [1.807, 2.05) is 0 Å². The molecule has 3 heteroatoms. The van der Waals surface area contributed by atoms with E-state index in [4.69, 9.17) is 0 Å². The van der Waals surface area contributed by atoms with Gasteiger partial charge in [-0.1, -0.05) is 12.5 Å².